The highest BCUT2D eigenvalue weighted by atomic mass is 16.4. The minimum Gasteiger partial charge on any atom is -0.480 e. The Morgan fingerprint density at radius 3 is 2.74 bits per heavy atom. The summed E-state index contributed by atoms with van der Waals surface area (Å²) in [4.78, 5) is 17.0. The number of likely N-dealkylation sites (N-methyl/N-ethyl adjacent to an activating group) is 1. The lowest BCUT2D eigenvalue weighted by Crippen LogP contribution is -2.32. The van der Waals surface area contributed by atoms with Gasteiger partial charge < -0.3 is 10.1 Å². The molecule has 4 nitrogen and oxygen atoms in total. The molecule has 4 heteroatoms. The number of H-pyrrole nitrogens is 1. The Bertz CT molecular complexity index is 628. The van der Waals surface area contributed by atoms with Gasteiger partial charge in [-0.1, -0.05) is 18.2 Å². The van der Waals surface area contributed by atoms with Crippen molar-refractivity contribution >= 4 is 16.9 Å². The zero-order valence-electron chi connectivity index (χ0n) is 11.2. The zero-order valence-corrected chi connectivity index (χ0v) is 11.2. The standard InChI is InChI=1S/C15H18N2O2/c1-9-13(11-5-3-4-6-12(11)16-9)14(15(18)19)17(2)10-7-8-10/h3-6,10,14,16H,7-8H2,1-2H3,(H,18,19). The molecule has 1 aromatic carbocycles. The van der Waals surface area contributed by atoms with Gasteiger partial charge in [0.15, 0.2) is 0 Å². The molecule has 1 aliphatic rings. The summed E-state index contributed by atoms with van der Waals surface area (Å²) in [5.74, 6) is -0.776. The third-order valence-electron chi connectivity index (χ3n) is 3.98. The van der Waals surface area contributed by atoms with Gasteiger partial charge in [-0.2, -0.15) is 0 Å². The molecule has 1 fully saturated rings. The number of nitrogens with zero attached hydrogens (tertiary/aromatic N) is 1. The van der Waals surface area contributed by atoms with Crippen LogP contribution in [0.15, 0.2) is 24.3 Å². The maximum Gasteiger partial charge on any atom is 0.325 e. The maximum atomic E-state index is 11.7. The van der Waals surface area contributed by atoms with Crippen LogP contribution in [0, 0.1) is 6.92 Å². The Kier molecular flexibility index (Phi) is 2.82. The lowest BCUT2D eigenvalue weighted by Gasteiger charge is -2.25. The lowest BCUT2D eigenvalue weighted by molar-refractivity contribution is -0.143. The third kappa shape index (κ3) is 2.02. The molecular weight excluding hydrogens is 240 g/mol. The predicted molar refractivity (Wildman–Crippen MR) is 74.2 cm³/mol. The lowest BCUT2D eigenvalue weighted by atomic mass is 10.0. The smallest absolute Gasteiger partial charge is 0.325 e. The van der Waals surface area contributed by atoms with Crippen LogP contribution in [0.5, 0.6) is 0 Å². The summed E-state index contributed by atoms with van der Waals surface area (Å²) < 4.78 is 0. The number of fused-ring (bicyclic) bond motifs is 1. The SMILES string of the molecule is Cc1[nH]c2ccccc2c1C(C(=O)O)N(C)C1CC1. The number of aliphatic carboxylic acids is 1. The zero-order chi connectivity index (χ0) is 13.6. The fourth-order valence-corrected chi connectivity index (χ4v) is 2.84. The molecule has 1 aliphatic carbocycles. The van der Waals surface area contributed by atoms with Crippen molar-refractivity contribution in [2.45, 2.75) is 31.8 Å². The van der Waals surface area contributed by atoms with E-state index in [0.29, 0.717) is 6.04 Å². The van der Waals surface area contributed by atoms with Crippen molar-refractivity contribution < 1.29 is 9.90 Å². The molecule has 0 amide bonds. The van der Waals surface area contributed by atoms with Gasteiger partial charge in [-0.05, 0) is 32.9 Å². The van der Waals surface area contributed by atoms with E-state index in [9.17, 15) is 9.90 Å². The van der Waals surface area contributed by atoms with Gasteiger partial charge in [-0.15, -0.1) is 0 Å². The summed E-state index contributed by atoms with van der Waals surface area (Å²) in [5.41, 5.74) is 2.85. The number of carboxylic acids is 1. The van der Waals surface area contributed by atoms with Crippen molar-refractivity contribution in [1.82, 2.24) is 9.88 Å². The molecule has 2 N–H and O–H groups in total. The molecule has 2 aromatic rings. The topological polar surface area (TPSA) is 56.3 Å². The van der Waals surface area contributed by atoms with Crippen molar-refractivity contribution in [3.63, 3.8) is 0 Å². The molecule has 100 valence electrons. The van der Waals surface area contributed by atoms with Crippen LogP contribution in [0.3, 0.4) is 0 Å². The number of carbonyl (C=O) groups is 1. The van der Waals surface area contributed by atoms with Gasteiger partial charge >= 0.3 is 5.97 Å². The van der Waals surface area contributed by atoms with Crippen LogP contribution in [0.1, 0.15) is 30.1 Å². The molecule has 0 aliphatic heterocycles. The minimum atomic E-state index is -0.776. The van der Waals surface area contributed by atoms with Crippen LogP contribution in [-0.4, -0.2) is 34.0 Å². The summed E-state index contributed by atoms with van der Waals surface area (Å²) in [6.45, 7) is 1.95. The molecule has 3 rings (SSSR count). The number of hydrogen-bond acceptors (Lipinski definition) is 2. The first-order chi connectivity index (χ1) is 9.09. The molecular formula is C15H18N2O2. The first-order valence-corrected chi connectivity index (χ1v) is 6.61. The monoisotopic (exact) mass is 258 g/mol. The Morgan fingerprint density at radius 2 is 2.11 bits per heavy atom. The van der Waals surface area contributed by atoms with Crippen LogP contribution < -0.4 is 0 Å². The largest absolute Gasteiger partial charge is 0.480 e. The molecule has 0 bridgehead atoms. The number of nitrogens with one attached hydrogen (secondary N) is 1. The van der Waals surface area contributed by atoms with Crippen molar-refractivity contribution in [2.24, 2.45) is 0 Å². The number of para-hydroxylation sites is 1. The summed E-state index contributed by atoms with van der Waals surface area (Å²) in [7, 11) is 1.91. The quantitative estimate of drug-likeness (QED) is 0.886. The number of aryl methyl sites for hydroxylation is 1. The summed E-state index contributed by atoms with van der Waals surface area (Å²) in [5, 5.41) is 10.6. The average molecular weight is 258 g/mol. The Morgan fingerprint density at radius 1 is 1.42 bits per heavy atom. The van der Waals surface area contributed by atoms with E-state index >= 15 is 0 Å². The Balaban J connectivity index is 2.14. The number of aromatic nitrogens is 1. The fraction of sp³-hybridized carbons (Fsp3) is 0.400. The predicted octanol–water partition coefficient (Wildman–Crippen LogP) is 2.70. The molecule has 1 aromatic heterocycles. The summed E-state index contributed by atoms with van der Waals surface area (Å²) in [6.07, 6.45) is 2.20. The number of rotatable bonds is 4. The normalized spacial score (nSPS) is 17.0. The first kappa shape index (κ1) is 12.2. The van der Waals surface area contributed by atoms with Gasteiger partial charge in [-0.25, -0.2) is 0 Å². The number of hydrogen-bond donors (Lipinski definition) is 2. The fourth-order valence-electron chi connectivity index (χ4n) is 2.84. The van der Waals surface area contributed by atoms with Gasteiger partial charge in [-0.3, -0.25) is 9.69 Å². The molecule has 1 atom stereocenters. The van der Waals surface area contributed by atoms with Gasteiger partial charge in [0.1, 0.15) is 6.04 Å². The van der Waals surface area contributed by atoms with Crippen molar-refractivity contribution in [1.29, 1.82) is 0 Å². The average Bonchev–Trinajstić information content (AvgIpc) is 3.15. The van der Waals surface area contributed by atoms with Crippen LogP contribution in [0.25, 0.3) is 10.9 Å². The highest BCUT2D eigenvalue weighted by Crippen LogP contribution is 2.37. The second-order valence-electron chi connectivity index (χ2n) is 5.35. The van der Waals surface area contributed by atoms with E-state index in [2.05, 4.69) is 4.98 Å². The van der Waals surface area contributed by atoms with E-state index in [0.717, 1.165) is 35.0 Å². The second kappa shape index (κ2) is 4.38. The number of benzene rings is 1. The van der Waals surface area contributed by atoms with E-state index in [4.69, 9.17) is 0 Å². The highest BCUT2D eigenvalue weighted by molar-refractivity contribution is 5.90. The number of aromatic amines is 1. The third-order valence-corrected chi connectivity index (χ3v) is 3.98. The minimum absolute atomic E-state index is 0.411. The molecule has 1 saturated carbocycles. The van der Waals surface area contributed by atoms with Crippen LogP contribution in [-0.2, 0) is 4.79 Å². The van der Waals surface area contributed by atoms with E-state index < -0.39 is 12.0 Å². The van der Waals surface area contributed by atoms with E-state index in [1.54, 1.807) is 0 Å². The van der Waals surface area contributed by atoms with Crippen molar-refractivity contribution in [2.75, 3.05) is 7.05 Å². The summed E-state index contributed by atoms with van der Waals surface area (Å²) >= 11 is 0. The van der Waals surface area contributed by atoms with E-state index in [-0.39, 0.29) is 0 Å². The first-order valence-electron chi connectivity index (χ1n) is 6.61. The van der Waals surface area contributed by atoms with Gasteiger partial charge in [0.25, 0.3) is 0 Å². The van der Waals surface area contributed by atoms with Gasteiger partial charge in [0.2, 0.25) is 0 Å². The van der Waals surface area contributed by atoms with Crippen molar-refractivity contribution in [3.8, 4) is 0 Å². The second-order valence-corrected chi connectivity index (χ2v) is 5.35. The van der Waals surface area contributed by atoms with Crippen LogP contribution in [0.2, 0.25) is 0 Å². The highest BCUT2D eigenvalue weighted by Gasteiger charge is 2.37. The van der Waals surface area contributed by atoms with Gasteiger partial charge in [0, 0.05) is 28.2 Å². The summed E-state index contributed by atoms with van der Waals surface area (Å²) in [6, 6.07) is 7.74. The Labute approximate surface area is 112 Å². The molecule has 0 saturated heterocycles. The maximum absolute atomic E-state index is 11.7. The van der Waals surface area contributed by atoms with E-state index in [1.165, 1.54) is 0 Å². The molecule has 1 heterocycles. The van der Waals surface area contributed by atoms with E-state index in [1.807, 2.05) is 43.1 Å². The Hall–Kier alpha value is -1.81. The molecule has 0 radical (unpaired) electrons. The van der Waals surface area contributed by atoms with Crippen LogP contribution in [0.4, 0.5) is 0 Å². The van der Waals surface area contributed by atoms with Crippen LogP contribution >= 0.6 is 0 Å². The molecule has 19 heavy (non-hydrogen) atoms. The molecule has 1 unspecified atom stereocenters. The number of carboxylic acid groups (broad SMARTS) is 1. The van der Waals surface area contributed by atoms with Crippen molar-refractivity contribution in [3.05, 3.63) is 35.5 Å². The molecule has 0 spiro atoms. The van der Waals surface area contributed by atoms with Gasteiger partial charge in [0.05, 0.1) is 0 Å².